The fourth-order valence-corrected chi connectivity index (χ4v) is 2.06. The minimum absolute atomic E-state index is 0.0747. The van der Waals surface area contributed by atoms with Gasteiger partial charge >= 0.3 is 0 Å². The molecule has 6 heteroatoms. The van der Waals surface area contributed by atoms with E-state index in [4.69, 9.17) is 5.73 Å². The van der Waals surface area contributed by atoms with Crippen LogP contribution in [0, 0.1) is 6.92 Å². The zero-order valence-electron chi connectivity index (χ0n) is 8.51. The van der Waals surface area contributed by atoms with Crippen molar-refractivity contribution in [3.05, 3.63) is 45.2 Å². The van der Waals surface area contributed by atoms with E-state index in [0.717, 1.165) is 4.88 Å². The first kappa shape index (κ1) is 10.6. The first-order valence-electron chi connectivity index (χ1n) is 4.55. The summed E-state index contributed by atoms with van der Waals surface area (Å²) in [5.74, 6) is -0.651. The number of nitrogens with two attached hydrogens (primary N) is 1. The van der Waals surface area contributed by atoms with Crippen molar-refractivity contribution in [2.24, 2.45) is 5.73 Å². The van der Waals surface area contributed by atoms with E-state index in [1.807, 2.05) is 13.0 Å². The molecular formula is C10H9N3O2S. The summed E-state index contributed by atoms with van der Waals surface area (Å²) in [6.45, 7) is 1.93. The highest BCUT2D eigenvalue weighted by atomic mass is 32.1. The number of primary amides is 1. The van der Waals surface area contributed by atoms with Gasteiger partial charge in [0.2, 0.25) is 0 Å². The van der Waals surface area contributed by atoms with E-state index in [-0.39, 0.29) is 11.3 Å². The Balaban J connectivity index is 2.60. The molecule has 2 N–H and O–H groups in total. The summed E-state index contributed by atoms with van der Waals surface area (Å²) < 4.78 is 1.18. The van der Waals surface area contributed by atoms with Crippen LogP contribution in [0.25, 0.3) is 5.00 Å². The summed E-state index contributed by atoms with van der Waals surface area (Å²) in [6, 6.07) is 6.26. The monoisotopic (exact) mass is 235 g/mol. The number of rotatable bonds is 2. The molecule has 0 saturated carbocycles. The third-order valence-electron chi connectivity index (χ3n) is 1.99. The molecule has 0 aliphatic rings. The van der Waals surface area contributed by atoms with Gasteiger partial charge in [0, 0.05) is 10.9 Å². The quantitative estimate of drug-likeness (QED) is 0.832. The SMILES string of the molecule is Cc1ccc(-n2nc(C(N)=O)ccc2=O)s1. The van der Waals surface area contributed by atoms with Crippen molar-refractivity contribution in [1.82, 2.24) is 9.78 Å². The second kappa shape index (κ2) is 3.90. The van der Waals surface area contributed by atoms with E-state index < -0.39 is 5.91 Å². The van der Waals surface area contributed by atoms with Gasteiger partial charge in [0.25, 0.3) is 11.5 Å². The first-order valence-corrected chi connectivity index (χ1v) is 5.36. The van der Waals surface area contributed by atoms with Crippen molar-refractivity contribution in [1.29, 1.82) is 0 Å². The predicted molar refractivity (Wildman–Crippen MR) is 61.0 cm³/mol. The Labute approximate surface area is 95.1 Å². The van der Waals surface area contributed by atoms with Crippen molar-refractivity contribution in [2.75, 3.05) is 0 Å². The zero-order valence-corrected chi connectivity index (χ0v) is 9.32. The van der Waals surface area contributed by atoms with Gasteiger partial charge in [0.05, 0.1) is 0 Å². The lowest BCUT2D eigenvalue weighted by Crippen LogP contribution is -2.24. The van der Waals surface area contributed by atoms with E-state index in [2.05, 4.69) is 5.10 Å². The molecule has 16 heavy (non-hydrogen) atoms. The number of thiophene rings is 1. The summed E-state index contributed by atoms with van der Waals surface area (Å²) in [7, 11) is 0. The van der Waals surface area contributed by atoms with Gasteiger partial charge in [-0.05, 0) is 25.1 Å². The molecule has 0 aliphatic carbocycles. The van der Waals surface area contributed by atoms with Crippen molar-refractivity contribution in [2.45, 2.75) is 6.92 Å². The lowest BCUT2D eigenvalue weighted by molar-refractivity contribution is 0.0994. The molecule has 0 radical (unpaired) electrons. The lowest BCUT2D eigenvalue weighted by Gasteiger charge is -2.01. The summed E-state index contributed by atoms with van der Waals surface area (Å²) in [5.41, 5.74) is 4.89. The summed E-state index contributed by atoms with van der Waals surface area (Å²) in [4.78, 5) is 23.6. The smallest absolute Gasteiger partial charge is 0.272 e. The molecule has 0 spiro atoms. The average Bonchev–Trinajstić information content (AvgIpc) is 2.65. The van der Waals surface area contributed by atoms with E-state index in [9.17, 15) is 9.59 Å². The van der Waals surface area contributed by atoms with E-state index >= 15 is 0 Å². The van der Waals surface area contributed by atoms with Gasteiger partial charge in [-0.1, -0.05) is 0 Å². The van der Waals surface area contributed by atoms with Crippen LogP contribution in [0.1, 0.15) is 15.4 Å². The highest BCUT2D eigenvalue weighted by Gasteiger charge is 2.08. The Morgan fingerprint density at radius 3 is 2.69 bits per heavy atom. The molecular weight excluding hydrogens is 226 g/mol. The Hall–Kier alpha value is -1.95. The maximum atomic E-state index is 11.6. The molecule has 0 unspecified atom stereocenters. The Bertz CT molecular complexity index is 600. The molecule has 5 nitrogen and oxygen atoms in total. The van der Waals surface area contributed by atoms with Crippen molar-refractivity contribution >= 4 is 17.2 Å². The van der Waals surface area contributed by atoms with Crippen LogP contribution in [0.5, 0.6) is 0 Å². The normalized spacial score (nSPS) is 10.3. The molecule has 2 rings (SSSR count). The van der Waals surface area contributed by atoms with Gasteiger partial charge < -0.3 is 5.73 Å². The van der Waals surface area contributed by atoms with Crippen LogP contribution in [0.4, 0.5) is 0 Å². The molecule has 82 valence electrons. The predicted octanol–water partition coefficient (Wildman–Crippen LogP) is 0.701. The largest absolute Gasteiger partial charge is 0.364 e. The van der Waals surface area contributed by atoms with E-state index in [1.165, 1.54) is 28.2 Å². The summed E-state index contributed by atoms with van der Waals surface area (Å²) in [6.07, 6.45) is 0. The van der Waals surface area contributed by atoms with Gasteiger partial charge in [0.1, 0.15) is 10.7 Å². The minimum Gasteiger partial charge on any atom is -0.364 e. The molecule has 2 aromatic rings. The molecule has 1 amide bonds. The molecule has 0 saturated heterocycles. The van der Waals surface area contributed by atoms with E-state index in [0.29, 0.717) is 5.00 Å². The third-order valence-corrected chi connectivity index (χ3v) is 2.96. The Morgan fingerprint density at radius 2 is 2.12 bits per heavy atom. The Morgan fingerprint density at radius 1 is 1.38 bits per heavy atom. The van der Waals surface area contributed by atoms with Crippen molar-refractivity contribution in [3.63, 3.8) is 0 Å². The molecule has 0 atom stereocenters. The summed E-state index contributed by atoms with van der Waals surface area (Å²) in [5, 5.41) is 4.57. The fourth-order valence-electron chi connectivity index (χ4n) is 1.24. The molecule has 0 aromatic carbocycles. The number of nitrogens with zero attached hydrogens (tertiary/aromatic N) is 2. The lowest BCUT2D eigenvalue weighted by atomic mass is 10.4. The van der Waals surface area contributed by atoms with Gasteiger partial charge in [-0.15, -0.1) is 11.3 Å². The van der Waals surface area contributed by atoms with Crippen LogP contribution in [-0.2, 0) is 0 Å². The maximum absolute atomic E-state index is 11.6. The van der Waals surface area contributed by atoms with Gasteiger partial charge in [-0.2, -0.15) is 9.78 Å². The minimum atomic E-state index is -0.651. The summed E-state index contributed by atoms with van der Waals surface area (Å²) >= 11 is 1.42. The number of carbonyl (C=O) groups excluding carboxylic acids is 1. The van der Waals surface area contributed by atoms with Crippen LogP contribution < -0.4 is 11.3 Å². The van der Waals surface area contributed by atoms with Crippen LogP contribution in [-0.4, -0.2) is 15.7 Å². The van der Waals surface area contributed by atoms with Gasteiger partial charge in [-0.3, -0.25) is 9.59 Å². The number of carbonyl (C=O) groups is 1. The van der Waals surface area contributed by atoms with Crippen LogP contribution >= 0.6 is 11.3 Å². The first-order chi connectivity index (χ1) is 7.58. The fraction of sp³-hybridized carbons (Fsp3) is 0.100. The number of aromatic nitrogens is 2. The van der Waals surface area contributed by atoms with Crippen LogP contribution in [0.15, 0.2) is 29.1 Å². The number of amides is 1. The molecule has 0 bridgehead atoms. The van der Waals surface area contributed by atoms with Crippen LogP contribution in [0.3, 0.4) is 0 Å². The number of hydrogen-bond donors (Lipinski definition) is 1. The molecule has 0 fully saturated rings. The maximum Gasteiger partial charge on any atom is 0.272 e. The van der Waals surface area contributed by atoms with Gasteiger partial charge in [-0.25, -0.2) is 0 Å². The van der Waals surface area contributed by atoms with E-state index in [1.54, 1.807) is 6.07 Å². The number of aryl methyl sites for hydroxylation is 1. The van der Waals surface area contributed by atoms with Gasteiger partial charge in [0.15, 0.2) is 0 Å². The van der Waals surface area contributed by atoms with Crippen molar-refractivity contribution in [3.8, 4) is 5.00 Å². The average molecular weight is 235 g/mol. The molecule has 2 aromatic heterocycles. The third kappa shape index (κ3) is 1.87. The standard InChI is InChI=1S/C10H9N3O2S/c1-6-2-5-9(16-6)13-8(14)4-3-7(12-13)10(11)15/h2-5H,1H3,(H2,11,15). The zero-order chi connectivity index (χ0) is 11.7. The van der Waals surface area contributed by atoms with Crippen molar-refractivity contribution < 1.29 is 4.79 Å². The second-order valence-corrected chi connectivity index (χ2v) is 4.48. The second-order valence-electron chi connectivity index (χ2n) is 3.22. The Kier molecular flexibility index (Phi) is 2.57. The number of hydrogen-bond acceptors (Lipinski definition) is 4. The molecule has 2 heterocycles. The van der Waals surface area contributed by atoms with Crippen LogP contribution in [0.2, 0.25) is 0 Å². The molecule has 0 aliphatic heterocycles. The highest BCUT2D eigenvalue weighted by molar-refractivity contribution is 7.14. The highest BCUT2D eigenvalue weighted by Crippen LogP contribution is 2.17. The topological polar surface area (TPSA) is 78.0 Å².